The van der Waals surface area contributed by atoms with Crippen LogP contribution in [-0.4, -0.2) is 57.4 Å². The summed E-state index contributed by atoms with van der Waals surface area (Å²) in [6.07, 6.45) is 1.05. The molecule has 1 aliphatic rings. The number of rotatable bonds is 6. The molecule has 1 aliphatic heterocycles. The second kappa shape index (κ2) is 6.62. The zero-order chi connectivity index (χ0) is 10.2. The Morgan fingerprint density at radius 2 is 2.43 bits per heavy atom. The van der Waals surface area contributed by atoms with Crippen LogP contribution in [0.2, 0.25) is 0 Å². The van der Waals surface area contributed by atoms with E-state index in [1.807, 2.05) is 4.90 Å². The Bertz CT molecular complexity index is 175. The molecule has 0 unspecified atom stereocenters. The number of methoxy groups -OCH3 is 1. The van der Waals surface area contributed by atoms with Gasteiger partial charge in [-0.1, -0.05) is 0 Å². The lowest BCUT2D eigenvalue weighted by molar-refractivity contribution is 0.182. The molecule has 1 fully saturated rings. The van der Waals surface area contributed by atoms with Crippen LogP contribution in [-0.2, 0) is 4.74 Å². The lowest BCUT2D eigenvalue weighted by atomic mass is 10.3. The first-order valence-electron chi connectivity index (χ1n) is 5.07. The van der Waals surface area contributed by atoms with E-state index in [0.717, 1.165) is 39.1 Å². The molecular formula is C9H19N3O2. The molecule has 0 atom stereocenters. The van der Waals surface area contributed by atoms with Crippen molar-refractivity contribution < 1.29 is 9.53 Å². The van der Waals surface area contributed by atoms with Crippen LogP contribution in [0.5, 0.6) is 0 Å². The molecule has 0 bridgehead atoms. The zero-order valence-electron chi connectivity index (χ0n) is 8.71. The van der Waals surface area contributed by atoms with Gasteiger partial charge in [-0.05, 0) is 6.42 Å². The van der Waals surface area contributed by atoms with E-state index in [1.54, 1.807) is 7.11 Å². The molecule has 0 radical (unpaired) electrons. The van der Waals surface area contributed by atoms with Crippen molar-refractivity contribution in [3.63, 3.8) is 0 Å². The maximum atomic E-state index is 11.3. The van der Waals surface area contributed by atoms with Crippen LogP contribution < -0.4 is 10.6 Å². The quantitative estimate of drug-likeness (QED) is 0.577. The summed E-state index contributed by atoms with van der Waals surface area (Å²) >= 11 is 0. The molecule has 5 heteroatoms. The Morgan fingerprint density at radius 1 is 1.57 bits per heavy atom. The second-order valence-corrected chi connectivity index (χ2v) is 3.32. The molecule has 1 heterocycles. The third-order valence-electron chi connectivity index (χ3n) is 2.21. The first kappa shape index (κ1) is 11.3. The number of hydrogen-bond donors (Lipinski definition) is 2. The number of nitrogens with one attached hydrogen (secondary N) is 2. The summed E-state index contributed by atoms with van der Waals surface area (Å²) in [5.41, 5.74) is 0. The van der Waals surface area contributed by atoms with Crippen molar-refractivity contribution in [1.29, 1.82) is 0 Å². The molecule has 14 heavy (non-hydrogen) atoms. The Balaban J connectivity index is 2.02. The molecule has 0 aromatic heterocycles. The van der Waals surface area contributed by atoms with Crippen molar-refractivity contribution in [2.24, 2.45) is 0 Å². The van der Waals surface area contributed by atoms with Crippen molar-refractivity contribution in [3.05, 3.63) is 0 Å². The average molecular weight is 201 g/mol. The number of amides is 2. The van der Waals surface area contributed by atoms with E-state index in [1.165, 1.54) is 0 Å². The SMILES string of the molecule is COCCNCCN1CCCNC1=O. The van der Waals surface area contributed by atoms with Gasteiger partial charge in [0.1, 0.15) is 0 Å². The summed E-state index contributed by atoms with van der Waals surface area (Å²) in [5, 5.41) is 6.03. The second-order valence-electron chi connectivity index (χ2n) is 3.32. The van der Waals surface area contributed by atoms with Crippen LogP contribution in [0.3, 0.4) is 0 Å². The maximum absolute atomic E-state index is 11.3. The highest BCUT2D eigenvalue weighted by Gasteiger charge is 2.15. The van der Waals surface area contributed by atoms with Crippen molar-refractivity contribution in [2.45, 2.75) is 6.42 Å². The smallest absolute Gasteiger partial charge is 0.317 e. The first-order valence-corrected chi connectivity index (χ1v) is 5.07. The Kier molecular flexibility index (Phi) is 5.32. The number of carbonyl (C=O) groups excluding carboxylic acids is 1. The van der Waals surface area contributed by atoms with Crippen LogP contribution in [0.4, 0.5) is 4.79 Å². The first-order chi connectivity index (χ1) is 6.84. The van der Waals surface area contributed by atoms with Crippen LogP contribution in [0.25, 0.3) is 0 Å². The molecule has 0 saturated carbocycles. The molecule has 0 aliphatic carbocycles. The third kappa shape index (κ3) is 3.93. The third-order valence-corrected chi connectivity index (χ3v) is 2.21. The molecule has 1 saturated heterocycles. The van der Waals surface area contributed by atoms with Gasteiger partial charge in [0, 0.05) is 39.8 Å². The molecule has 0 aromatic carbocycles. The van der Waals surface area contributed by atoms with Gasteiger partial charge in [-0.25, -0.2) is 4.79 Å². The summed E-state index contributed by atoms with van der Waals surface area (Å²) in [6, 6.07) is 0.0600. The summed E-state index contributed by atoms with van der Waals surface area (Å²) in [7, 11) is 1.68. The number of carbonyl (C=O) groups is 1. The molecule has 0 spiro atoms. The molecule has 5 nitrogen and oxygen atoms in total. The lowest BCUT2D eigenvalue weighted by Crippen LogP contribution is -2.48. The van der Waals surface area contributed by atoms with Crippen LogP contribution in [0, 0.1) is 0 Å². The molecule has 2 amide bonds. The van der Waals surface area contributed by atoms with Crippen LogP contribution in [0.15, 0.2) is 0 Å². The van der Waals surface area contributed by atoms with Crippen LogP contribution >= 0.6 is 0 Å². The minimum absolute atomic E-state index is 0.0600. The summed E-state index contributed by atoms with van der Waals surface area (Å²) in [4.78, 5) is 13.1. The average Bonchev–Trinajstić information content (AvgIpc) is 2.20. The van der Waals surface area contributed by atoms with E-state index in [4.69, 9.17) is 4.74 Å². The molecule has 1 rings (SSSR count). The molecule has 2 N–H and O–H groups in total. The highest BCUT2D eigenvalue weighted by atomic mass is 16.5. The number of hydrogen-bond acceptors (Lipinski definition) is 3. The predicted molar refractivity (Wildman–Crippen MR) is 54.3 cm³/mol. The van der Waals surface area contributed by atoms with Crippen molar-refractivity contribution >= 4 is 6.03 Å². The van der Waals surface area contributed by atoms with E-state index in [0.29, 0.717) is 6.61 Å². The highest BCUT2D eigenvalue weighted by molar-refractivity contribution is 5.74. The number of ether oxygens (including phenoxy) is 1. The van der Waals surface area contributed by atoms with E-state index in [9.17, 15) is 4.79 Å². The molecular weight excluding hydrogens is 182 g/mol. The van der Waals surface area contributed by atoms with E-state index >= 15 is 0 Å². The van der Waals surface area contributed by atoms with E-state index in [2.05, 4.69) is 10.6 Å². The standard InChI is InChI=1S/C9H19N3O2/c1-14-8-5-10-4-7-12-6-2-3-11-9(12)13/h10H,2-8H2,1H3,(H,11,13). The van der Waals surface area contributed by atoms with Gasteiger partial charge in [0.25, 0.3) is 0 Å². The normalized spacial score (nSPS) is 16.9. The Morgan fingerprint density at radius 3 is 3.14 bits per heavy atom. The Labute approximate surface area is 84.8 Å². The summed E-state index contributed by atoms with van der Waals surface area (Å²) in [6.45, 7) is 4.84. The van der Waals surface area contributed by atoms with Gasteiger partial charge in [0.2, 0.25) is 0 Å². The molecule has 82 valence electrons. The van der Waals surface area contributed by atoms with E-state index < -0.39 is 0 Å². The van der Waals surface area contributed by atoms with Crippen molar-refractivity contribution in [2.75, 3.05) is 46.4 Å². The fourth-order valence-corrected chi connectivity index (χ4v) is 1.41. The monoisotopic (exact) mass is 201 g/mol. The van der Waals surface area contributed by atoms with Gasteiger partial charge in [-0.15, -0.1) is 0 Å². The van der Waals surface area contributed by atoms with Gasteiger partial charge < -0.3 is 20.3 Å². The summed E-state index contributed by atoms with van der Waals surface area (Å²) < 4.78 is 4.90. The highest BCUT2D eigenvalue weighted by Crippen LogP contribution is 1.97. The van der Waals surface area contributed by atoms with E-state index in [-0.39, 0.29) is 6.03 Å². The maximum Gasteiger partial charge on any atom is 0.317 e. The fraction of sp³-hybridized carbons (Fsp3) is 0.889. The minimum atomic E-state index is 0.0600. The largest absolute Gasteiger partial charge is 0.383 e. The van der Waals surface area contributed by atoms with Gasteiger partial charge in [-0.2, -0.15) is 0 Å². The van der Waals surface area contributed by atoms with Crippen LogP contribution in [0.1, 0.15) is 6.42 Å². The lowest BCUT2D eigenvalue weighted by Gasteiger charge is -2.27. The molecule has 0 aromatic rings. The number of nitrogens with zero attached hydrogens (tertiary/aromatic N) is 1. The topological polar surface area (TPSA) is 53.6 Å². The van der Waals surface area contributed by atoms with Gasteiger partial charge in [0.15, 0.2) is 0 Å². The van der Waals surface area contributed by atoms with Crippen molar-refractivity contribution in [1.82, 2.24) is 15.5 Å². The zero-order valence-corrected chi connectivity index (χ0v) is 8.71. The van der Waals surface area contributed by atoms with Crippen molar-refractivity contribution in [3.8, 4) is 0 Å². The Hall–Kier alpha value is -0.810. The fourth-order valence-electron chi connectivity index (χ4n) is 1.41. The minimum Gasteiger partial charge on any atom is -0.383 e. The van der Waals surface area contributed by atoms with Gasteiger partial charge in [0.05, 0.1) is 6.61 Å². The predicted octanol–water partition coefficient (Wildman–Crippen LogP) is -0.362. The van der Waals surface area contributed by atoms with Gasteiger partial charge >= 0.3 is 6.03 Å². The number of urea groups is 1. The van der Waals surface area contributed by atoms with Gasteiger partial charge in [-0.3, -0.25) is 0 Å². The summed E-state index contributed by atoms with van der Waals surface area (Å²) in [5.74, 6) is 0.